The normalized spacial score (nSPS) is 12.3. The summed E-state index contributed by atoms with van der Waals surface area (Å²) in [5.74, 6) is 0. The van der Waals surface area contributed by atoms with E-state index in [2.05, 4.69) is 15.3 Å². The molecule has 1 aromatic heterocycles. The average Bonchev–Trinajstić information content (AvgIpc) is 2.59. The second-order valence-electron chi connectivity index (χ2n) is 2.99. The molecule has 0 bridgehead atoms. The van der Waals surface area contributed by atoms with Crippen LogP contribution in [0.3, 0.4) is 0 Å². The van der Waals surface area contributed by atoms with Gasteiger partial charge in [-0.25, -0.2) is 0 Å². The second-order valence-corrected chi connectivity index (χ2v) is 2.99. The fourth-order valence-electron chi connectivity index (χ4n) is 1.27. The molecule has 0 amide bonds. The molecule has 2 aromatic rings. The lowest BCUT2D eigenvalue weighted by molar-refractivity contribution is 0.155. The Bertz CT molecular complexity index is 500. The van der Waals surface area contributed by atoms with E-state index in [1.54, 1.807) is 13.1 Å². The molecular weight excluding hydrogens is 180 g/mol. The number of aliphatic imine (C=N–C) groups is 1. The van der Waals surface area contributed by atoms with Gasteiger partial charge in [0.1, 0.15) is 11.0 Å². The first-order valence-corrected chi connectivity index (χ1v) is 4.21. The minimum atomic E-state index is 0.595. The van der Waals surface area contributed by atoms with Gasteiger partial charge >= 0.3 is 0 Å². The van der Waals surface area contributed by atoms with Gasteiger partial charge in [-0.1, -0.05) is 10.9 Å². The molecule has 1 N–H and O–H groups in total. The maximum Gasteiger partial charge on any atom is 0.130 e. The molecule has 0 aliphatic heterocycles. The zero-order valence-corrected chi connectivity index (χ0v) is 7.97. The summed E-state index contributed by atoms with van der Waals surface area (Å²) in [5, 5.41) is 16.5. The molecule has 2 rings (SSSR count). The van der Waals surface area contributed by atoms with Crippen LogP contribution < -0.4 is 0 Å². The van der Waals surface area contributed by atoms with Crippen LogP contribution in [0.1, 0.15) is 12.5 Å². The highest BCUT2D eigenvalue weighted by Crippen LogP contribution is 2.12. The van der Waals surface area contributed by atoms with E-state index in [4.69, 9.17) is 0 Å². The average molecular weight is 190 g/mol. The van der Waals surface area contributed by atoms with Crippen LogP contribution in [-0.2, 0) is 0 Å². The Balaban J connectivity index is 2.63. The third-order valence-corrected chi connectivity index (χ3v) is 2.18. The maximum atomic E-state index is 9.21. The zero-order valence-electron chi connectivity index (χ0n) is 7.97. The van der Waals surface area contributed by atoms with E-state index in [-0.39, 0.29) is 0 Å². The van der Waals surface area contributed by atoms with Crippen molar-refractivity contribution in [2.24, 2.45) is 4.99 Å². The highest BCUT2D eigenvalue weighted by Gasteiger charge is 2.04. The van der Waals surface area contributed by atoms with E-state index in [0.29, 0.717) is 11.0 Å². The smallest absolute Gasteiger partial charge is 0.130 e. The van der Waals surface area contributed by atoms with Crippen LogP contribution in [0.5, 0.6) is 0 Å². The molecule has 14 heavy (non-hydrogen) atoms. The number of rotatable bonds is 1. The number of fused-ring (bicyclic) bond motifs is 1. The Kier molecular flexibility index (Phi) is 1.92. The second kappa shape index (κ2) is 3.10. The lowest BCUT2D eigenvalue weighted by Gasteiger charge is -1.98. The summed E-state index contributed by atoms with van der Waals surface area (Å²) >= 11 is 0. The Morgan fingerprint density at radius 3 is 3.00 bits per heavy atom. The van der Waals surface area contributed by atoms with Gasteiger partial charge in [0.15, 0.2) is 0 Å². The lowest BCUT2D eigenvalue weighted by Crippen LogP contribution is -1.94. The van der Waals surface area contributed by atoms with Crippen LogP contribution in [0, 0.1) is 0 Å². The van der Waals surface area contributed by atoms with Gasteiger partial charge in [0, 0.05) is 12.8 Å². The Labute approximate surface area is 80.6 Å². The molecule has 1 aromatic carbocycles. The minimum Gasteiger partial charge on any atom is -0.410 e. The predicted molar refractivity (Wildman–Crippen MR) is 52.8 cm³/mol. The van der Waals surface area contributed by atoms with Gasteiger partial charge in [0.05, 0.1) is 0 Å². The predicted octanol–water partition coefficient (Wildman–Crippen LogP) is 1.11. The van der Waals surface area contributed by atoms with Crippen molar-refractivity contribution in [3.63, 3.8) is 0 Å². The topological polar surface area (TPSA) is 63.3 Å². The van der Waals surface area contributed by atoms with E-state index in [0.717, 1.165) is 16.1 Å². The molecule has 1 heterocycles. The number of benzene rings is 1. The van der Waals surface area contributed by atoms with Crippen LogP contribution in [-0.4, -0.2) is 33.1 Å². The van der Waals surface area contributed by atoms with Crippen molar-refractivity contribution in [2.45, 2.75) is 6.92 Å². The van der Waals surface area contributed by atoms with Crippen molar-refractivity contribution in [3.8, 4) is 0 Å². The number of hydrogen-bond acceptors (Lipinski definition) is 4. The molecule has 0 saturated carbocycles. The molecule has 0 saturated heterocycles. The first kappa shape index (κ1) is 8.68. The molecule has 0 aliphatic rings. The molecule has 72 valence electrons. The minimum absolute atomic E-state index is 0.595. The first-order valence-electron chi connectivity index (χ1n) is 4.21. The molecule has 0 spiro atoms. The van der Waals surface area contributed by atoms with Crippen LogP contribution >= 0.6 is 0 Å². The van der Waals surface area contributed by atoms with Gasteiger partial charge in [0.2, 0.25) is 0 Å². The third-order valence-electron chi connectivity index (χ3n) is 2.18. The Morgan fingerprint density at radius 2 is 2.29 bits per heavy atom. The van der Waals surface area contributed by atoms with Gasteiger partial charge in [-0.2, -0.15) is 0 Å². The summed E-state index contributed by atoms with van der Waals surface area (Å²) in [4.78, 5) is 4.83. The fraction of sp³-hybridized carbons (Fsp3) is 0.222. The van der Waals surface area contributed by atoms with E-state index in [9.17, 15) is 5.21 Å². The zero-order chi connectivity index (χ0) is 10.1. The molecule has 5 heteroatoms. The molecule has 0 radical (unpaired) electrons. The molecule has 0 aliphatic carbocycles. The quantitative estimate of drug-likeness (QED) is 0.541. The van der Waals surface area contributed by atoms with Crippen LogP contribution in [0.2, 0.25) is 0 Å². The summed E-state index contributed by atoms with van der Waals surface area (Å²) in [6, 6.07) is 5.48. The van der Waals surface area contributed by atoms with E-state index >= 15 is 0 Å². The fourth-order valence-corrected chi connectivity index (χ4v) is 1.27. The van der Waals surface area contributed by atoms with Gasteiger partial charge in [-0.05, 0) is 29.8 Å². The van der Waals surface area contributed by atoms with E-state index in [1.165, 1.54) is 0 Å². The summed E-state index contributed by atoms with van der Waals surface area (Å²) in [5.41, 5.74) is 3.17. The first-order chi connectivity index (χ1) is 6.72. The summed E-state index contributed by atoms with van der Waals surface area (Å²) in [7, 11) is 1.74. The molecule has 0 fully saturated rings. The lowest BCUT2D eigenvalue weighted by atomic mass is 10.1. The Morgan fingerprint density at radius 1 is 1.50 bits per heavy atom. The SMILES string of the molecule is CN=C(C)c1ccc2c(c1)nnn2O. The van der Waals surface area contributed by atoms with Crippen molar-refractivity contribution in [2.75, 3.05) is 7.05 Å². The summed E-state index contributed by atoms with van der Waals surface area (Å²) in [6.07, 6.45) is 0. The van der Waals surface area contributed by atoms with Crippen molar-refractivity contribution < 1.29 is 5.21 Å². The summed E-state index contributed by atoms with van der Waals surface area (Å²) in [6.45, 7) is 1.92. The molecule has 0 atom stereocenters. The standard InChI is InChI=1S/C9H10N4O/c1-6(10-2)7-3-4-9-8(5-7)11-12-13(9)14/h3-5,14H,1-2H3. The van der Waals surface area contributed by atoms with Gasteiger partial charge < -0.3 is 5.21 Å². The van der Waals surface area contributed by atoms with E-state index < -0.39 is 0 Å². The number of hydrogen-bond donors (Lipinski definition) is 1. The largest absolute Gasteiger partial charge is 0.410 e. The maximum absolute atomic E-state index is 9.21. The monoisotopic (exact) mass is 190 g/mol. The number of aromatic nitrogens is 3. The van der Waals surface area contributed by atoms with Crippen molar-refractivity contribution in [1.82, 2.24) is 15.2 Å². The molecule has 0 unspecified atom stereocenters. The third kappa shape index (κ3) is 1.22. The van der Waals surface area contributed by atoms with E-state index in [1.807, 2.05) is 19.1 Å². The summed E-state index contributed by atoms with van der Waals surface area (Å²) < 4.78 is 0. The number of nitrogens with zero attached hydrogens (tertiary/aromatic N) is 4. The highest BCUT2D eigenvalue weighted by atomic mass is 16.5. The Hall–Kier alpha value is -1.91. The van der Waals surface area contributed by atoms with Gasteiger partial charge in [-0.15, -0.1) is 5.10 Å². The van der Waals surface area contributed by atoms with Crippen LogP contribution in [0.15, 0.2) is 23.2 Å². The van der Waals surface area contributed by atoms with Crippen LogP contribution in [0.25, 0.3) is 11.0 Å². The van der Waals surface area contributed by atoms with Gasteiger partial charge in [-0.3, -0.25) is 4.99 Å². The van der Waals surface area contributed by atoms with Gasteiger partial charge in [0.25, 0.3) is 0 Å². The molecular formula is C9H10N4O. The van der Waals surface area contributed by atoms with Crippen LogP contribution in [0.4, 0.5) is 0 Å². The highest BCUT2D eigenvalue weighted by molar-refractivity contribution is 6.00. The van der Waals surface area contributed by atoms with Crippen molar-refractivity contribution >= 4 is 16.7 Å². The van der Waals surface area contributed by atoms with Crippen molar-refractivity contribution in [1.29, 1.82) is 0 Å². The molecule has 5 nitrogen and oxygen atoms in total. The van der Waals surface area contributed by atoms with Crippen molar-refractivity contribution in [3.05, 3.63) is 23.8 Å².